The monoisotopic (exact) mass is 538 g/mol. The zero-order valence-corrected chi connectivity index (χ0v) is 23.0. The Kier molecular flexibility index (Phi) is 7.56. The number of halogens is 1. The Morgan fingerprint density at radius 3 is 2.55 bits per heavy atom. The second-order valence-corrected chi connectivity index (χ2v) is 11.0. The van der Waals surface area contributed by atoms with Crippen LogP contribution < -0.4 is 10.6 Å². The van der Waals surface area contributed by atoms with Gasteiger partial charge in [0.05, 0.1) is 18.3 Å². The molecule has 1 aromatic carbocycles. The van der Waals surface area contributed by atoms with Gasteiger partial charge in [-0.15, -0.1) is 0 Å². The summed E-state index contributed by atoms with van der Waals surface area (Å²) in [5.74, 6) is 2.09. The van der Waals surface area contributed by atoms with Crippen LogP contribution in [0.4, 0.5) is 23.3 Å². The molecule has 2 aliphatic rings. The molecular weight excluding hydrogens is 504 g/mol. The molecule has 2 atom stereocenters. The molecule has 2 fully saturated rings. The minimum atomic E-state index is -0.411. The molecule has 0 radical (unpaired) electrons. The van der Waals surface area contributed by atoms with Gasteiger partial charge in [-0.2, -0.15) is 10.1 Å². The average Bonchev–Trinajstić information content (AvgIpc) is 3.46. The highest BCUT2D eigenvalue weighted by molar-refractivity contribution is 6.32. The van der Waals surface area contributed by atoms with Gasteiger partial charge >= 0.3 is 0 Å². The number of β-amino-alcohol motifs (C(OH)–C–C–N with tert-alkyl or cyclic N) is 1. The molecule has 10 nitrogen and oxygen atoms in total. The molecule has 0 saturated carbocycles. The molecule has 0 aliphatic carbocycles. The van der Waals surface area contributed by atoms with Crippen molar-refractivity contribution in [2.24, 2.45) is 0 Å². The highest BCUT2D eigenvalue weighted by Gasteiger charge is 2.37. The van der Waals surface area contributed by atoms with Crippen LogP contribution in [0.25, 0.3) is 0 Å². The van der Waals surface area contributed by atoms with Crippen molar-refractivity contribution in [2.75, 3.05) is 37.3 Å². The first kappa shape index (κ1) is 26.4. The Morgan fingerprint density at radius 2 is 1.89 bits per heavy atom. The third-order valence-electron chi connectivity index (χ3n) is 7.61. The lowest BCUT2D eigenvalue weighted by molar-refractivity contribution is -0.136. The number of aliphatic hydroxyl groups is 1. The summed E-state index contributed by atoms with van der Waals surface area (Å²) in [6.07, 6.45) is 3.54. The largest absolute Gasteiger partial charge is 0.392 e. The molecule has 5 rings (SSSR count). The Balaban J connectivity index is 1.25. The highest BCUT2D eigenvalue weighted by Crippen LogP contribution is 2.35. The molecule has 11 heteroatoms. The number of nitrogens with zero attached hydrogens (tertiary/aromatic N) is 5. The number of likely N-dealkylation sites (tertiary alicyclic amines) is 2. The van der Waals surface area contributed by atoms with E-state index in [0.717, 1.165) is 42.9 Å². The molecule has 2 aliphatic heterocycles. The lowest BCUT2D eigenvalue weighted by Crippen LogP contribution is -2.47. The van der Waals surface area contributed by atoms with Gasteiger partial charge in [0.2, 0.25) is 11.9 Å². The lowest BCUT2D eigenvalue weighted by Gasteiger charge is -2.35. The number of aromatic nitrogens is 4. The van der Waals surface area contributed by atoms with Crippen LogP contribution in [0.5, 0.6) is 0 Å². The number of H-pyrrole nitrogens is 1. The van der Waals surface area contributed by atoms with E-state index in [1.54, 1.807) is 6.20 Å². The number of anilines is 4. The number of amides is 1. The molecular formula is C27H35ClN8O2. The minimum absolute atomic E-state index is 0.147. The summed E-state index contributed by atoms with van der Waals surface area (Å²) < 4.78 is 0. The fourth-order valence-corrected chi connectivity index (χ4v) is 5.67. The summed E-state index contributed by atoms with van der Waals surface area (Å²) in [4.78, 5) is 25.9. The number of rotatable bonds is 6. The smallest absolute Gasteiger partial charge is 0.240 e. The van der Waals surface area contributed by atoms with Crippen molar-refractivity contribution in [3.63, 3.8) is 0 Å². The van der Waals surface area contributed by atoms with Crippen LogP contribution >= 0.6 is 11.6 Å². The fourth-order valence-electron chi connectivity index (χ4n) is 5.53. The maximum absolute atomic E-state index is 13.0. The molecule has 4 heterocycles. The number of likely N-dealkylation sites (N-methyl/N-ethyl adjacent to an activating group) is 1. The van der Waals surface area contributed by atoms with Gasteiger partial charge in [0.15, 0.2) is 11.6 Å². The van der Waals surface area contributed by atoms with E-state index in [-0.39, 0.29) is 11.9 Å². The van der Waals surface area contributed by atoms with Crippen molar-refractivity contribution in [2.45, 2.75) is 58.1 Å². The number of carbonyl (C=O) groups is 1. The van der Waals surface area contributed by atoms with E-state index in [2.05, 4.69) is 56.8 Å². The van der Waals surface area contributed by atoms with Gasteiger partial charge in [0.25, 0.3) is 0 Å². The fraction of sp³-hybridized carbons (Fsp3) is 0.481. The number of carbonyl (C=O) groups excluding carboxylic acids is 1. The van der Waals surface area contributed by atoms with E-state index >= 15 is 0 Å². The molecule has 2 aromatic heterocycles. The summed E-state index contributed by atoms with van der Waals surface area (Å²) in [6, 6.07) is 6.04. The topological polar surface area (TPSA) is 122 Å². The zero-order chi connectivity index (χ0) is 27.0. The summed E-state index contributed by atoms with van der Waals surface area (Å²) in [7, 11) is 1.92. The lowest BCUT2D eigenvalue weighted by atomic mass is 9.85. The number of aromatic amines is 1. The van der Waals surface area contributed by atoms with Crippen molar-refractivity contribution in [1.82, 2.24) is 30.0 Å². The minimum Gasteiger partial charge on any atom is -0.392 e. The number of benzene rings is 1. The number of nitrogens with one attached hydrogen (secondary N) is 3. The summed E-state index contributed by atoms with van der Waals surface area (Å²) in [5, 5.41) is 23.9. The van der Waals surface area contributed by atoms with E-state index in [0.29, 0.717) is 41.5 Å². The van der Waals surface area contributed by atoms with Crippen LogP contribution in [0.3, 0.4) is 0 Å². The second-order valence-electron chi connectivity index (χ2n) is 10.5. The van der Waals surface area contributed by atoms with Crippen LogP contribution in [0, 0.1) is 20.8 Å². The van der Waals surface area contributed by atoms with Crippen LogP contribution in [-0.2, 0) is 4.79 Å². The van der Waals surface area contributed by atoms with Crippen molar-refractivity contribution in [3.05, 3.63) is 51.8 Å². The van der Waals surface area contributed by atoms with E-state index in [4.69, 9.17) is 11.6 Å². The van der Waals surface area contributed by atoms with E-state index in [1.165, 1.54) is 11.1 Å². The Bertz CT molecular complexity index is 1320. The van der Waals surface area contributed by atoms with Gasteiger partial charge in [0.1, 0.15) is 5.02 Å². The van der Waals surface area contributed by atoms with Crippen LogP contribution in [0.15, 0.2) is 24.4 Å². The van der Waals surface area contributed by atoms with E-state index in [9.17, 15) is 9.90 Å². The maximum atomic E-state index is 13.0. The molecule has 2 unspecified atom stereocenters. The maximum Gasteiger partial charge on any atom is 0.240 e. The molecule has 0 bridgehead atoms. The van der Waals surface area contributed by atoms with Crippen LogP contribution in [-0.4, -0.2) is 79.8 Å². The number of hydrogen-bond acceptors (Lipinski definition) is 8. The Hall–Kier alpha value is -3.21. The van der Waals surface area contributed by atoms with E-state index in [1.807, 2.05) is 29.8 Å². The Morgan fingerprint density at radius 1 is 1.13 bits per heavy atom. The number of aliphatic hydroxyl groups excluding tert-OH is 1. The summed E-state index contributed by atoms with van der Waals surface area (Å²) in [6.45, 7) is 8.17. The first-order valence-electron chi connectivity index (χ1n) is 13.0. The van der Waals surface area contributed by atoms with Gasteiger partial charge in [-0.25, -0.2) is 4.98 Å². The van der Waals surface area contributed by atoms with E-state index < -0.39 is 6.10 Å². The highest BCUT2D eigenvalue weighted by atomic mass is 35.5. The van der Waals surface area contributed by atoms with Gasteiger partial charge in [-0.1, -0.05) is 17.7 Å². The third-order valence-corrected chi connectivity index (χ3v) is 7.89. The van der Waals surface area contributed by atoms with Crippen LogP contribution in [0.2, 0.25) is 5.02 Å². The third kappa shape index (κ3) is 5.62. The standard InChI is InChI=1S/C27H35ClN8O2/c1-15-10-22(30-27-29-13-21(28)25(32-27)31-24-11-17(3)33-34-24)16(2)9-20(15)18-5-7-36(8-6-18)26(38)23-12-19(37)14-35(23)4/h9-11,13,18-19,23,37H,5-8,12,14H2,1-4H3,(H3,29,30,31,32,33,34). The normalized spacial score (nSPS) is 20.6. The van der Waals surface area contributed by atoms with Crippen molar-refractivity contribution in [1.29, 1.82) is 0 Å². The number of piperidine rings is 1. The van der Waals surface area contributed by atoms with Gasteiger partial charge in [-0.05, 0) is 75.8 Å². The average molecular weight is 539 g/mol. The van der Waals surface area contributed by atoms with Crippen molar-refractivity contribution < 1.29 is 9.90 Å². The first-order chi connectivity index (χ1) is 18.2. The second kappa shape index (κ2) is 10.9. The molecule has 2 saturated heterocycles. The molecule has 4 N–H and O–H groups in total. The van der Waals surface area contributed by atoms with Crippen molar-refractivity contribution >= 4 is 40.8 Å². The zero-order valence-electron chi connectivity index (χ0n) is 22.3. The first-order valence-corrected chi connectivity index (χ1v) is 13.4. The molecule has 38 heavy (non-hydrogen) atoms. The van der Waals surface area contributed by atoms with Gasteiger partial charge in [0, 0.05) is 37.1 Å². The van der Waals surface area contributed by atoms with Crippen LogP contribution in [0.1, 0.15) is 47.6 Å². The predicted octanol–water partition coefficient (Wildman–Crippen LogP) is 4.04. The summed E-state index contributed by atoms with van der Waals surface area (Å²) >= 11 is 6.31. The Labute approximate surface area is 227 Å². The molecule has 1 amide bonds. The molecule has 3 aromatic rings. The quantitative estimate of drug-likeness (QED) is 0.371. The summed E-state index contributed by atoms with van der Waals surface area (Å²) in [5.41, 5.74) is 5.48. The molecule has 0 spiro atoms. The number of hydrogen-bond donors (Lipinski definition) is 4. The predicted molar refractivity (Wildman–Crippen MR) is 148 cm³/mol. The van der Waals surface area contributed by atoms with Crippen molar-refractivity contribution in [3.8, 4) is 0 Å². The van der Waals surface area contributed by atoms with Gasteiger partial charge in [-0.3, -0.25) is 14.8 Å². The number of aryl methyl sites for hydroxylation is 3. The van der Waals surface area contributed by atoms with Gasteiger partial charge < -0.3 is 20.6 Å². The SMILES string of the molecule is Cc1cc(Nc2nc(Nc3cc(C)c(C4CCN(C(=O)C5CC(O)CN5C)CC4)cc3C)ncc2Cl)n[nH]1. The molecule has 202 valence electrons.